The van der Waals surface area contributed by atoms with Crippen molar-refractivity contribution in [3.63, 3.8) is 0 Å². The summed E-state index contributed by atoms with van der Waals surface area (Å²) >= 11 is 6.35. The first-order valence-corrected chi connectivity index (χ1v) is 12.0. The van der Waals surface area contributed by atoms with Crippen LogP contribution in [0, 0.1) is 11.3 Å². The minimum atomic E-state index is -0.587. The van der Waals surface area contributed by atoms with E-state index in [2.05, 4.69) is 50.1 Å². The van der Waals surface area contributed by atoms with Gasteiger partial charge in [0.15, 0.2) is 0 Å². The molecule has 34 heavy (non-hydrogen) atoms. The summed E-state index contributed by atoms with van der Waals surface area (Å²) in [6, 6.07) is 12.3. The van der Waals surface area contributed by atoms with E-state index >= 15 is 0 Å². The van der Waals surface area contributed by atoms with Crippen LogP contribution >= 0.6 is 11.6 Å². The Labute approximate surface area is 206 Å². The summed E-state index contributed by atoms with van der Waals surface area (Å²) in [4.78, 5) is 28.0. The van der Waals surface area contributed by atoms with E-state index in [1.54, 1.807) is 4.90 Å². The number of carbonyl (C=O) groups is 1. The van der Waals surface area contributed by atoms with Gasteiger partial charge in [-0.1, -0.05) is 30.3 Å². The van der Waals surface area contributed by atoms with E-state index in [-0.39, 0.29) is 23.8 Å². The maximum absolute atomic E-state index is 12.7. The Bertz CT molecular complexity index is 1070. The molecular formula is C25H31ClN6O2. The van der Waals surface area contributed by atoms with Crippen molar-refractivity contribution >= 4 is 23.5 Å². The number of rotatable bonds is 4. The Morgan fingerprint density at radius 1 is 1.21 bits per heavy atom. The first-order valence-electron chi connectivity index (χ1n) is 11.7. The summed E-state index contributed by atoms with van der Waals surface area (Å²) in [5.41, 5.74) is 2.73. The van der Waals surface area contributed by atoms with Crippen LogP contribution in [0.2, 0.25) is 5.28 Å². The van der Waals surface area contributed by atoms with Crippen molar-refractivity contribution in [2.75, 3.05) is 31.1 Å². The quantitative estimate of drug-likeness (QED) is 0.608. The van der Waals surface area contributed by atoms with Crippen LogP contribution in [0.1, 0.15) is 44.0 Å². The molecule has 0 bridgehead atoms. The molecule has 0 N–H and O–H groups in total. The zero-order chi connectivity index (χ0) is 24.3. The van der Waals surface area contributed by atoms with Crippen LogP contribution in [0.5, 0.6) is 0 Å². The number of anilines is 1. The number of ether oxygens (including phenoxy) is 1. The monoisotopic (exact) mass is 482 g/mol. The highest BCUT2D eigenvalue weighted by Gasteiger charge is 2.35. The van der Waals surface area contributed by atoms with Gasteiger partial charge in [-0.05, 0) is 44.4 Å². The molecule has 1 amide bonds. The lowest BCUT2D eigenvalue weighted by atomic mass is 10.0. The molecule has 2 aromatic rings. The molecule has 9 heteroatoms. The van der Waals surface area contributed by atoms with Gasteiger partial charge in [0, 0.05) is 44.8 Å². The lowest BCUT2D eigenvalue weighted by Gasteiger charge is -2.42. The van der Waals surface area contributed by atoms with Crippen molar-refractivity contribution < 1.29 is 9.53 Å². The third kappa shape index (κ3) is 5.78. The highest BCUT2D eigenvalue weighted by atomic mass is 35.5. The largest absolute Gasteiger partial charge is 0.444 e. The molecule has 1 fully saturated rings. The number of fused-ring (bicyclic) bond motifs is 1. The van der Waals surface area contributed by atoms with Gasteiger partial charge in [-0.3, -0.25) is 4.90 Å². The lowest BCUT2D eigenvalue weighted by molar-refractivity contribution is 0.0144. The highest BCUT2D eigenvalue weighted by molar-refractivity contribution is 6.28. The number of hydrogen-bond donors (Lipinski definition) is 0. The van der Waals surface area contributed by atoms with Gasteiger partial charge in [0.2, 0.25) is 5.28 Å². The van der Waals surface area contributed by atoms with Gasteiger partial charge in [0.05, 0.1) is 24.2 Å². The predicted molar refractivity (Wildman–Crippen MR) is 130 cm³/mol. The molecule has 0 spiro atoms. The zero-order valence-electron chi connectivity index (χ0n) is 20.0. The minimum absolute atomic E-state index is 0.224. The SMILES string of the molecule is CC(C)(C)OC(=O)N1CCN(c2nc(Cl)nc3c2CCN(Cc2ccccc2)C3)CC1CC#N. The van der Waals surface area contributed by atoms with Crippen molar-refractivity contribution in [3.05, 3.63) is 52.4 Å². The summed E-state index contributed by atoms with van der Waals surface area (Å²) in [6.07, 6.45) is 0.664. The molecule has 0 saturated carbocycles. The topological polar surface area (TPSA) is 85.6 Å². The highest BCUT2D eigenvalue weighted by Crippen LogP contribution is 2.30. The number of nitrogens with zero attached hydrogens (tertiary/aromatic N) is 6. The Morgan fingerprint density at radius 3 is 2.68 bits per heavy atom. The summed E-state index contributed by atoms with van der Waals surface area (Å²) < 4.78 is 5.57. The number of nitriles is 1. The fraction of sp³-hybridized carbons (Fsp3) is 0.520. The smallest absolute Gasteiger partial charge is 0.410 e. The van der Waals surface area contributed by atoms with Crippen molar-refractivity contribution in [1.29, 1.82) is 5.26 Å². The average molecular weight is 483 g/mol. The van der Waals surface area contributed by atoms with E-state index in [0.717, 1.165) is 36.6 Å². The molecule has 1 atom stereocenters. The van der Waals surface area contributed by atoms with Crippen LogP contribution in [-0.4, -0.2) is 63.7 Å². The molecule has 2 aliphatic rings. The van der Waals surface area contributed by atoms with E-state index in [9.17, 15) is 10.1 Å². The first kappa shape index (κ1) is 24.2. The number of aromatic nitrogens is 2. The number of halogens is 1. The van der Waals surface area contributed by atoms with Crippen molar-refractivity contribution in [1.82, 2.24) is 19.8 Å². The molecule has 2 aliphatic heterocycles. The number of piperazine rings is 1. The van der Waals surface area contributed by atoms with E-state index in [1.807, 2.05) is 26.8 Å². The molecule has 4 rings (SSSR count). The van der Waals surface area contributed by atoms with Crippen molar-refractivity contribution in [3.8, 4) is 6.07 Å². The maximum Gasteiger partial charge on any atom is 0.410 e. The molecule has 0 radical (unpaired) electrons. The van der Waals surface area contributed by atoms with E-state index in [1.165, 1.54) is 5.56 Å². The maximum atomic E-state index is 12.7. The van der Waals surface area contributed by atoms with Gasteiger partial charge in [-0.15, -0.1) is 0 Å². The molecule has 0 aliphatic carbocycles. The molecule has 1 aromatic carbocycles. The van der Waals surface area contributed by atoms with Gasteiger partial charge in [0.25, 0.3) is 0 Å². The molecule has 1 saturated heterocycles. The number of amides is 1. The first-order chi connectivity index (χ1) is 16.2. The van der Waals surface area contributed by atoms with Crippen LogP contribution in [0.15, 0.2) is 30.3 Å². The van der Waals surface area contributed by atoms with Crippen LogP contribution in [0.25, 0.3) is 0 Å². The number of benzene rings is 1. The number of hydrogen-bond acceptors (Lipinski definition) is 7. The van der Waals surface area contributed by atoms with Crippen molar-refractivity contribution in [2.24, 2.45) is 0 Å². The molecule has 1 aromatic heterocycles. The standard InChI is InChI=1S/C25H31ClN6O2/c1-25(2,3)34-24(33)32-14-13-31(16-19(32)9-11-27)22-20-10-12-30(15-18-7-5-4-6-8-18)17-21(20)28-23(26)29-22/h4-8,19H,9-10,12-17H2,1-3H3. The van der Waals surface area contributed by atoms with Crippen LogP contribution in [0.4, 0.5) is 10.6 Å². The van der Waals surface area contributed by atoms with E-state index in [0.29, 0.717) is 26.2 Å². The second kappa shape index (κ2) is 10.2. The lowest BCUT2D eigenvalue weighted by Crippen LogP contribution is -2.56. The summed E-state index contributed by atoms with van der Waals surface area (Å²) in [5, 5.41) is 9.62. The third-order valence-electron chi connectivity index (χ3n) is 6.08. The third-order valence-corrected chi connectivity index (χ3v) is 6.25. The van der Waals surface area contributed by atoms with Crippen molar-refractivity contribution in [2.45, 2.75) is 58.3 Å². The minimum Gasteiger partial charge on any atom is -0.444 e. The molecule has 8 nitrogen and oxygen atoms in total. The average Bonchev–Trinajstić information content (AvgIpc) is 2.78. The van der Waals surface area contributed by atoms with E-state index in [4.69, 9.17) is 16.3 Å². The molecule has 180 valence electrons. The van der Waals surface area contributed by atoms with Gasteiger partial charge >= 0.3 is 6.09 Å². The van der Waals surface area contributed by atoms with Crippen LogP contribution < -0.4 is 4.90 Å². The normalized spacial score (nSPS) is 18.9. The van der Waals surface area contributed by atoms with E-state index < -0.39 is 5.60 Å². The van der Waals surface area contributed by atoms with Crippen LogP contribution in [0.3, 0.4) is 0 Å². The van der Waals surface area contributed by atoms with Crippen LogP contribution in [-0.2, 0) is 24.2 Å². The zero-order valence-corrected chi connectivity index (χ0v) is 20.8. The second-order valence-electron chi connectivity index (χ2n) is 9.82. The van der Waals surface area contributed by atoms with Gasteiger partial charge in [-0.25, -0.2) is 14.8 Å². The summed E-state index contributed by atoms with van der Waals surface area (Å²) in [6.45, 7) is 9.55. The molecule has 1 unspecified atom stereocenters. The predicted octanol–water partition coefficient (Wildman–Crippen LogP) is 4.03. The Balaban J connectivity index is 1.52. The fourth-order valence-electron chi connectivity index (χ4n) is 4.56. The second-order valence-corrected chi connectivity index (χ2v) is 10.2. The molecular weight excluding hydrogens is 452 g/mol. The summed E-state index contributed by atoms with van der Waals surface area (Å²) in [5.74, 6) is 0.820. The Kier molecular flexibility index (Phi) is 7.24. The molecule has 3 heterocycles. The van der Waals surface area contributed by atoms with Gasteiger partial charge < -0.3 is 14.5 Å². The Hall–Kier alpha value is -2.89. The number of carbonyl (C=O) groups excluding carboxylic acids is 1. The van der Waals surface area contributed by atoms with Gasteiger partial charge in [-0.2, -0.15) is 5.26 Å². The summed E-state index contributed by atoms with van der Waals surface area (Å²) in [7, 11) is 0. The fourth-order valence-corrected chi connectivity index (χ4v) is 4.74. The Morgan fingerprint density at radius 2 is 1.97 bits per heavy atom. The van der Waals surface area contributed by atoms with Gasteiger partial charge in [0.1, 0.15) is 11.4 Å².